The molecule has 0 bridgehead atoms. The van der Waals surface area contributed by atoms with Gasteiger partial charge in [0.15, 0.2) is 0 Å². The molecule has 0 amide bonds. The molecule has 2 aliphatic heterocycles. The Labute approximate surface area is 122 Å². The summed E-state index contributed by atoms with van der Waals surface area (Å²) >= 11 is 0. The average Bonchev–Trinajstić information content (AvgIpc) is 2.84. The Bertz CT molecular complexity index is 415. The maximum atomic E-state index is 12.6. The number of piperidine rings is 1. The Morgan fingerprint density at radius 3 is 2.55 bits per heavy atom. The van der Waals surface area contributed by atoms with Crippen molar-refractivity contribution < 1.29 is 13.5 Å². The molecule has 6 nitrogen and oxygen atoms in total. The number of hydrogen-bond donors (Lipinski definition) is 1. The van der Waals surface area contributed by atoms with Gasteiger partial charge in [0.25, 0.3) is 10.2 Å². The maximum Gasteiger partial charge on any atom is 0.281 e. The van der Waals surface area contributed by atoms with E-state index in [1.165, 1.54) is 8.61 Å². The minimum Gasteiger partial charge on any atom is -0.396 e. The summed E-state index contributed by atoms with van der Waals surface area (Å²) in [4.78, 5) is 2.23. The van der Waals surface area contributed by atoms with Gasteiger partial charge in [-0.15, -0.1) is 0 Å². The van der Waals surface area contributed by atoms with Crippen molar-refractivity contribution in [3.05, 3.63) is 0 Å². The monoisotopic (exact) mass is 305 g/mol. The fraction of sp³-hybridized carbons (Fsp3) is 1.00. The molecule has 2 unspecified atom stereocenters. The van der Waals surface area contributed by atoms with Gasteiger partial charge in [-0.1, -0.05) is 0 Å². The van der Waals surface area contributed by atoms with E-state index in [1.807, 2.05) is 0 Å². The molecule has 1 N–H and O–H groups in total. The van der Waals surface area contributed by atoms with Crippen molar-refractivity contribution in [3.8, 4) is 0 Å². The zero-order valence-electron chi connectivity index (χ0n) is 12.5. The molecule has 0 saturated carbocycles. The Balaban J connectivity index is 1.97. The number of likely N-dealkylation sites (tertiary alicyclic amines) is 1. The standard InChI is InChI=1S/C13H27N3O3S/c1-14-7-4-6-13(14)10-15(2)20(18,19)16-8-3-5-12(9-16)11-17/h12-13,17H,3-11H2,1-2H3. The highest BCUT2D eigenvalue weighted by Crippen LogP contribution is 2.22. The van der Waals surface area contributed by atoms with E-state index in [1.54, 1.807) is 7.05 Å². The third-order valence-corrected chi connectivity index (χ3v) is 6.52. The molecular formula is C13H27N3O3S. The van der Waals surface area contributed by atoms with Crippen molar-refractivity contribution in [1.29, 1.82) is 0 Å². The van der Waals surface area contributed by atoms with Crippen molar-refractivity contribution in [2.45, 2.75) is 31.7 Å². The van der Waals surface area contributed by atoms with Crippen LogP contribution in [0.1, 0.15) is 25.7 Å². The van der Waals surface area contributed by atoms with E-state index < -0.39 is 10.2 Å². The Morgan fingerprint density at radius 2 is 1.95 bits per heavy atom. The van der Waals surface area contributed by atoms with Crippen molar-refractivity contribution in [2.75, 3.05) is 46.9 Å². The van der Waals surface area contributed by atoms with Crippen LogP contribution in [0.2, 0.25) is 0 Å². The summed E-state index contributed by atoms with van der Waals surface area (Å²) in [5.74, 6) is 0.0843. The molecular weight excluding hydrogens is 278 g/mol. The van der Waals surface area contributed by atoms with Crippen LogP contribution in [-0.2, 0) is 10.2 Å². The molecule has 0 radical (unpaired) electrons. The zero-order valence-corrected chi connectivity index (χ0v) is 13.3. The van der Waals surface area contributed by atoms with Crippen molar-refractivity contribution in [2.24, 2.45) is 5.92 Å². The smallest absolute Gasteiger partial charge is 0.281 e. The van der Waals surface area contributed by atoms with E-state index in [-0.39, 0.29) is 12.5 Å². The summed E-state index contributed by atoms with van der Waals surface area (Å²) in [5, 5.41) is 9.24. The molecule has 0 aromatic heterocycles. The van der Waals surface area contributed by atoms with Crippen LogP contribution in [-0.4, -0.2) is 80.0 Å². The summed E-state index contributed by atoms with van der Waals surface area (Å²) in [6.07, 6.45) is 3.96. The molecule has 118 valence electrons. The van der Waals surface area contributed by atoms with Gasteiger partial charge in [-0.3, -0.25) is 0 Å². The van der Waals surface area contributed by atoms with Crippen LogP contribution in [0.5, 0.6) is 0 Å². The van der Waals surface area contributed by atoms with Gasteiger partial charge >= 0.3 is 0 Å². The fourth-order valence-electron chi connectivity index (χ4n) is 3.18. The molecule has 2 aliphatic rings. The third kappa shape index (κ3) is 3.51. The second kappa shape index (κ2) is 6.70. The number of aliphatic hydroxyl groups excluding tert-OH is 1. The van der Waals surface area contributed by atoms with E-state index in [4.69, 9.17) is 0 Å². The van der Waals surface area contributed by atoms with Gasteiger partial charge in [0.05, 0.1) is 0 Å². The van der Waals surface area contributed by atoms with Gasteiger partial charge in [0.1, 0.15) is 0 Å². The Hall–Kier alpha value is -0.210. The number of rotatable bonds is 5. The van der Waals surface area contributed by atoms with Crippen LogP contribution < -0.4 is 0 Å². The predicted octanol–water partition coefficient (Wildman–Crippen LogP) is -0.0385. The van der Waals surface area contributed by atoms with Crippen LogP contribution in [0.4, 0.5) is 0 Å². The van der Waals surface area contributed by atoms with Crippen molar-refractivity contribution in [1.82, 2.24) is 13.5 Å². The summed E-state index contributed by atoms with van der Waals surface area (Å²) < 4.78 is 28.2. The lowest BCUT2D eigenvalue weighted by Crippen LogP contribution is -2.49. The van der Waals surface area contributed by atoms with Crippen LogP contribution in [0, 0.1) is 5.92 Å². The number of likely N-dealkylation sites (N-methyl/N-ethyl adjacent to an activating group) is 2. The molecule has 0 aliphatic carbocycles. The lowest BCUT2D eigenvalue weighted by molar-refractivity contribution is 0.160. The first kappa shape index (κ1) is 16.2. The molecule has 0 spiro atoms. The quantitative estimate of drug-likeness (QED) is 0.774. The SMILES string of the molecule is CN1CCCC1CN(C)S(=O)(=O)N1CCCC(CO)C1. The van der Waals surface area contributed by atoms with Crippen LogP contribution >= 0.6 is 0 Å². The number of aliphatic hydroxyl groups is 1. The van der Waals surface area contributed by atoms with E-state index in [0.717, 1.165) is 32.2 Å². The van der Waals surface area contributed by atoms with Gasteiger partial charge in [-0.2, -0.15) is 17.0 Å². The van der Waals surface area contributed by atoms with Gasteiger partial charge in [0.2, 0.25) is 0 Å². The highest BCUT2D eigenvalue weighted by molar-refractivity contribution is 7.86. The van der Waals surface area contributed by atoms with Gasteiger partial charge in [-0.25, -0.2) is 0 Å². The molecule has 0 aromatic carbocycles. The third-order valence-electron chi connectivity index (χ3n) is 4.60. The van der Waals surface area contributed by atoms with Gasteiger partial charge in [-0.05, 0) is 45.2 Å². The first-order valence-corrected chi connectivity index (χ1v) is 8.87. The highest BCUT2D eigenvalue weighted by Gasteiger charge is 2.33. The van der Waals surface area contributed by atoms with E-state index in [2.05, 4.69) is 11.9 Å². The maximum absolute atomic E-state index is 12.6. The minimum atomic E-state index is -3.39. The van der Waals surface area contributed by atoms with E-state index in [0.29, 0.717) is 25.7 Å². The largest absolute Gasteiger partial charge is 0.396 e. The lowest BCUT2D eigenvalue weighted by atomic mass is 10.0. The predicted molar refractivity (Wildman–Crippen MR) is 78.6 cm³/mol. The topological polar surface area (TPSA) is 64.1 Å². The Morgan fingerprint density at radius 1 is 1.25 bits per heavy atom. The Kier molecular flexibility index (Phi) is 5.42. The molecule has 2 saturated heterocycles. The van der Waals surface area contributed by atoms with Crippen molar-refractivity contribution in [3.63, 3.8) is 0 Å². The zero-order chi connectivity index (χ0) is 14.8. The minimum absolute atomic E-state index is 0.0705. The second-order valence-corrected chi connectivity index (χ2v) is 8.15. The van der Waals surface area contributed by atoms with Crippen LogP contribution in [0.3, 0.4) is 0 Å². The molecule has 2 fully saturated rings. The molecule has 0 aromatic rings. The first-order chi connectivity index (χ1) is 9.45. The summed E-state index contributed by atoms with van der Waals surface area (Å²) in [5.41, 5.74) is 0. The molecule has 2 heterocycles. The summed E-state index contributed by atoms with van der Waals surface area (Å²) in [6, 6.07) is 0.327. The normalized spacial score (nSPS) is 30.2. The van der Waals surface area contributed by atoms with E-state index in [9.17, 15) is 13.5 Å². The fourth-order valence-corrected chi connectivity index (χ4v) is 4.70. The molecule has 7 heteroatoms. The second-order valence-electron chi connectivity index (χ2n) is 6.11. The van der Waals surface area contributed by atoms with E-state index >= 15 is 0 Å². The van der Waals surface area contributed by atoms with Crippen LogP contribution in [0.25, 0.3) is 0 Å². The summed E-state index contributed by atoms with van der Waals surface area (Å²) in [6.45, 7) is 2.70. The van der Waals surface area contributed by atoms with Crippen molar-refractivity contribution >= 4 is 10.2 Å². The highest BCUT2D eigenvalue weighted by atomic mass is 32.2. The first-order valence-electron chi connectivity index (χ1n) is 7.47. The molecule has 2 rings (SSSR count). The molecule has 20 heavy (non-hydrogen) atoms. The summed E-state index contributed by atoms with van der Waals surface area (Å²) in [7, 11) is 0.340. The number of hydrogen-bond acceptors (Lipinski definition) is 4. The van der Waals surface area contributed by atoms with Gasteiger partial charge < -0.3 is 10.0 Å². The van der Waals surface area contributed by atoms with Crippen LogP contribution in [0.15, 0.2) is 0 Å². The van der Waals surface area contributed by atoms with Gasteiger partial charge in [0, 0.05) is 39.3 Å². The number of nitrogens with zero attached hydrogens (tertiary/aromatic N) is 3. The lowest BCUT2D eigenvalue weighted by Gasteiger charge is -2.35. The average molecular weight is 305 g/mol. The molecule has 2 atom stereocenters.